The molecule has 2 heterocycles. The van der Waals surface area contributed by atoms with Crippen molar-refractivity contribution in [2.24, 2.45) is 0 Å². The average molecular weight is 342 g/mol. The van der Waals surface area contributed by atoms with E-state index in [1.54, 1.807) is 12.1 Å². The van der Waals surface area contributed by atoms with Gasteiger partial charge in [-0.3, -0.25) is 14.6 Å². The SMILES string of the molecule is COc1ccc(/C(O)=C2\C(=O)C(=O)N(C)C2c2ccncc2)cc1F. The summed E-state index contributed by atoms with van der Waals surface area (Å²) in [7, 11) is 2.80. The lowest BCUT2D eigenvalue weighted by atomic mass is 9.96. The number of aromatic nitrogens is 1. The molecule has 1 aromatic heterocycles. The molecule has 0 radical (unpaired) electrons. The molecule has 1 aliphatic rings. The molecule has 1 fully saturated rings. The molecule has 128 valence electrons. The number of rotatable bonds is 3. The van der Waals surface area contributed by atoms with E-state index < -0.39 is 29.3 Å². The molecule has 3 rings (SSSR count). The molecule has 1 aliphatic heterocycles. The summed E-state index contributed by atoms with van der Waals surface area (Å²) in [4.78, 5) is 29.7. The van der Waals surface area contributed by atoms with Gasteiger partial charge in [0.1, 0.15) is 5.76 Å². The third-order valence-electron chi connectivity index (χ3n) is 4.12. The summed E-state index contributed by atoms with van der Waals surface area (Å²) in [5.41, 5.74) is 0.610. The predicted molar refractivity (Wildman–Crippen MR) is 87.3 cm³/mol. The Morgan fingerprint density at radius 2 is 1.92 bits per heavy atom. The van der Waals surface area contributed by atoms with Crippen LogP contribution in [0.1, 0.15) is 17.2 Å². The number of nitrogens with zero attached hydrogens (tertiary/aromatic N) is 2. The Morgan fingerprint density at radius 1 is 1.24 bits per heavy atom. The van der Waals surface area contributed by atoms with Crippen molar-refractivity contribution in [2.75, 3.05) is 14.2 Å². The van der Waals surface area contributed by atoms with E-state index >= 15 is 0 Å². The number of Topliss-reactive ketones (excluding diaryl/α,β-unsaturated/α-hetero) is 1. The minimum absolute atomic E-state index is 0.0122. The van der Waals surface area contributed by atoms with Crippen LogP contribution in [0.25, 0.3) is 5.76 Å². The third kappa shape index (κ3) is 2.73. The van der Waals surface area contributed by atoms with E-state index in [-0.39, 0.29) is 16.9 Å². The summed E-state index contributed by atoms with van der Waals surface area (Å²) in [6.45, 7) is 0. The highest BCUT2D eigenvalue weighted by molar-refractivity contribution is 6.46. The number of benzene rings is 1. The van der Waals surface area contributed by atoms with Gasteiger partial charge in [-0.25, -0.2) is 4.39 Å². The smallest absolute Gasteiger partial charge is 0.295 e. The number of aliphatic hydroxyl groups is 1. The number of hydrogen-bond acceptors (Lipinski definition) is 5. The summed E-state index contributed by atoms with van der Waals surface area (Å²) in [6.07, 6.45) is 3.05. The molecule has 0 bridgehead atoms. The molecular weight excluding hydrogens is 327 g/mol. The fraction of sp³-hybridized carbons (Fsp3) is 0.167. The largest absolute Gasteiger partial charge is 0.507 e. The van der Waals surface area contributed by atoms with Crippen LogP contribution in [-0.2, 0) is 9.59 Å². The molecule has 0 saturated carbocycles. The zero-order valence-electron chi connectivity index (χ0n) is 13.6. The number of likely N-dealkylation sites (N-methyl/N-ethyl adjacent to an activating group) is 1. The number of hydrogen-bond donors (Lipinski definition) is 1. The number of likely N-dealkylation sites (tertiary alicyclic amines) is 1. The summed E-state index contributed by atoms with van der Waals surface area (Å²) >= 11 is 0. The number of carbonyl (C=O) groups excluding carboxylic acids is 2. The summed E-state index contributed by atoms with van der Waals surface area (Å²) in [5.74, 6) is -2.67. The zero-order chi connectivity index (χ0) is 18.1. The lowest BCUT2D eigenvalue weighted by molar-refractivity contribution is -0.139. The highest BCUT2D eigenvalue weighted by Crippen LogP contribution is 2.38. The molecule has 1 saturated heterocycles. The maximum Gasteiger partial charge on any atom is 0.295 e. The highest BCUT2D eigenvalue weighted by Gasteiger charge is 2.44. The van der Waals surface area contributed by atoms with Crippen LogP contribution in [-0.4, -0.2) is 40.8 Å². The molecule has 1 atom stereocenters. The molecule has 1 aromatic carbocycles. The minimum Gasteiger partial charge on any atom is -0.507 e. The van der Waals surface area contributed by atoms with Gasteiger partial charge in [-0.05, 0) is 35.9 Å². The van der Waals surface area contributed by atoms with Crippen molar-refractivity contribution in [3.05, 3.63) is 65.2 Å². The van der Waals surface area contributed by atoms with Crippen molar-refractivity contribution >= 4 is 17.4 Å². The molecule has 1 N–H and O–H groups in total. The monoisotopic (exact) mass is 342 g/mol. The van der Waals surface area contributed by atoms with Crippen LogP contribution >= 0.6 is 0 Å². The number of amides is 1. The third-order valence-corrected chi connectivity index (χ3v) is 4.12. The Labute approximate surface area is 143 Å². The van der Waals surface area contributed by atoms with E-state index in [2.05, 4.69) is 4.98 Å². The molecule has 0 aliphatic carbocycles. The number of halogens is 1. The molecule has 1 unspecified atom stereocenters. The maximum absolute atomic E-state index is 13.9. The van der Waals surface area contributed by atoms with E-state index in [4.69, 9.17) is 4.74 Å². The standard InChI is InChI=1S/C18H15FN2O4/c1-21-15(10-5-7-20-8-6-10)14(17(23)18(21)24)16(22)11-3-4-13(25-2)12(19)9-11/h3-9,15,22H,1-2H3/b16-14+. The Hall–Kier alpha value is -3.22. The van der Waals surface area contributed by atoms with Crippen LogP contribution in [0.2, 0.25) is 0 Å². The Kier molecular flexibility index (Phi) is 4.22. The van der Waals surface area contributed by atoms with E-state index in [0.29, 0.717) is 5.56 Å². The van der Waals surface area contributed by atoms with Gasteiger partial charge in [-0.2, -0.15) is 0 Å². The van der Waals surface area contributed by atoms with Crippen molar-refractivity contribution in [1.29, 1.82) is 0 Å². The number of methoxy groups -OCH3 is 1. The Balaban J connectivity index is 2.16. The summed E-state index contributed by atoms with van der Waals surface area (Å²) in [6, 6.07) is 6.34. The second kappa shape index (κ2) is 6.35. The van der Waals surface area contributed by atoms with E-state index in [1.807, 2.05) is 0 Å². The number of aliphatic hydroxyl groups excluding tert-OH is 1. The number of carbonyl (C=O) groups is 2. The van der Waals surface area contributed by atoms with E-state index in [9.17, 15) is 19.1 Å². The van der Waals surface area contributed by atoms with E-state index in [0.717, 1.165) is 6.07 Å². The molecule has 6 nitrogen and oxygen atoms in total. The molecule has 2 aromatic rings. The number of pyridine rings is 1. The number of ketones is 1. The lowest BCUT2D eigenvalue weighted by Crippen LogP contribution is -2.24. The molecule has 7 heteroatoms. The van der Waals surface area contributed by atoms with Crippen molar-refractivity contribution in [3.8, 4) is 5.75 Å². The fourth-order valence-electron chi connectivity index (χ4n) is 2.85. The molecule has 0 spiro atoms. The minimum atomic E-state index is -0.821. The van der Waals surface area contributed by atoms with Crippen molar-refractivity contribution < 1.29 is 23.8 Å². The van der Waals surface area contributed by atoms with Gasteiger partial charge in [-0.15, -0.1) is 0 Å². The van der Waals surface area contributed by atoms with Crippen molar-refractivity contribution in [1.82, 2.24) is 9.88 Å². The van der Waals surface area contributed by atoms with Crippen molar-refractivity contribution in [3.63, 3.8) is 0 Å². The predicted octanol–water partition coefficient (Wildman–Crippen LogP) is 2.28. The van der Waals surface area contributed by atoms with Crippen LogP contribution in [0.5, 0.6) is 5.75 Å². The second-order valence-corrected chi connectivity index (χ2v) is 5.54. The fourth-order valence-corrected chi connectivity index (χ4v) is 2.85. The highest BCUT2D eigenvalue weighted by atomic mass is 19.1. The lowest BCUT2D eigenvalue weighted by Gasteiger charge is -2.20. The molecule has 25 heavy (non-hydrogen) atoms. The Bertz CT molecular complexity index is 880. The summed E-state index contributed by atoms with van der Waals surface area (Å²) in [5, 5.41) is 10.6. The van der Waals surface area contributed by atoms with Crippen LogP contribution in [0.15, 0.2) is 48.3 Å². The van der Waals surface area contributed by atoms with Gasteiger partial charge < -0.3 is 14.7 Å². The van der Waals surface area contributed by atoms with Gasteiger partial charge in [0.15, 0.2) is 11.6 Å². The van der Waals surface area contributed by atoms with E-state index in [1.165, 1.54) is 43.6 Å². The summed E-state index contributed by atoms with van der Waals surface area (Å²) < 4.78 is 18.8. The second-order valence-electron chi connectivity index (χ2n) is 5.54. The first kappa shape index (κ1) is 16.6. The first-order valence-electron chi connectivity index (χ1n) is 7.44. The van der Waals surface area contributed by atoms with Gasteiger partial charge in [0.25, 0.3) is 11.7 Å². The first-order valence-corrected chi connectivity index (χ1v) is 7.44. The Morgan fingerprint density at radius 3 is 2.52 bits per heavy atom. The average Bonchev–Trinajstić information content (AvgIpc) is 2.86. The molecule has 1 amide bonds. The normalized spacial score (nSPS) is 19.3. The first-order chi connectivity index (χ1) is 12.0. The number of ether oxygens (including phenoxy) is 1. The van der Waals surface area contributed by atoms with Gasteiger partial charge in [0, 0.05) is 25.0 Å². The van der Waals surface area contributed by atoms with Gasteiger partial charge in [0.2, 0.25) is 0 Å². The maximum atomic E-state index is 13.9. The van der Waals surface area contributed by atoms with Crippen LogP contribution < -0.4 is 4.74 Å². The van der Waals surface area contributed by atoms with Crippen LogP contribution in [0.3, 0.4) is 0 Å². The van der Waals surface area contributed by atoms with Crippen molar-refractivity contribution in [2.45, 2.75) is 6.04 Å². The van der Waals surface area contributed by atoms with Crippen LogP contribution in [0.4, 0.5) is 4.39 Å². The van der Waals surface area contributed by atoms with Gasteiger partial charge in [0.05, 0.1) is 18.7 Å². The topological polar surface area (TPSA) is 79.7 Å². The molecular formula is C18H15FN2O4. The zero-order valence-corrected chi connectivity index (χ0v) is 13.6. The van der Waals surface area contributed by atoms with Gasteiger partial charge >= 0.3 is 0 Å². The van der Waals surface area contributed by atoms with Crippen LogP contribution in [0, 0.1) is 5.82 Å². The quantitative estimate of drug-likeness (QED) is 0.526. The van der Waals surface area contributed by atoms with Gasteiger partial charge in [-0.1, -0.05) is 0 Å².